The first kappa shape index (κ1) is 17.7. The first-order valence-corrected chi connectivity index (χ1v) is 8.68. The molecular formula is C20H17NO4S. The first-order valence-electron chi connectivity index (χ1n) is 7.87. The molecule has 0 radical (unpaired) electrons. The summed E-state index contributed by atoms with van der Waals surface area (Å²) in [5.41, 5.74) is 2.08. The number of methoxy groups -OCH3 is 1. The molecule has 0 atom stereocenters. The summed E-state index contributed by atoms with van der Waals surface area (Å²) < 4.78 is 6.01. The van der Waals surface area contributed by atoms with Crippen LogP contribution in [0.15, 0.2) is 47.3 Å². The molecule has 1 aromatic heterocycles. The van der Waals surface area contributed by atoms with Crippen LogP contribution in [-0.4, -0.2) is 23.0 Å². The number of aryl methyl sites for hydroxylation is 1. The van der Waals surface area contributed by atoms with Gasteiger partial charge in [-0.1, -0.05) is 35.9 Å². The molecule has 3 rings (SSSR count). The van der Waals surface area contributed by atoms with E-state index in [4.69, 9.17) is 4.74 Å². The van der Waals surface area contributed by atoms with E-state index in [2.05, 4.69) is 4.98 Å². The summed E-state index contributed by atoms with van der Waals surface area (Å²) in [5.74, 6) is 0.191. The fraction of sp³-hybridized carbons (Fsp3) is 0.100. The summed E-state index contributed by atoms with van der Waals surface area (Å²) in [6.07, 6.45) is 3.10. The van der Waals surface area contributed by atoms with Crippen molar-refractivity contribution in [1.82, 2.24) is 4.98 Å². The number of phenolic OH excluding ortho intramolecular Hbond substituents is 1. The van der Waals surface area contributed by atoms with Gasteiger partial charge in [0.1, 0.15) is 0 Å². The Balaban J connectivity index is 1.97. The quantitative estimate of drug-likeness (QED) is 0.691. The van der Waals surface area contributed by atoms with Gasteiger partial charge < -0.3 is 14.8 Å². The van der Waals surface area contributed by atoms with Crippen molar-refractivity contribution in [3.8, 4) is 11.5 Å². The largest absolute Gasteiger partial charge is 0.504 e. The van der Waals surface area contributed by atoms with E-state index in [1.807, 2.05) is 19.1 Å². The molecule has 2 aromatic carbocycles. The Hall–Kier alpha value is -3.12. The number of carbonyl (C=O) groups is 1. The van der Waals surface area contributed by atoms with E-state index in [1.165, 1.54) is 30.6 Å². The number of hydrogen-bond acceptors (Lipinski definition) is 5. The summed E-state index contributed by atoms with van der Waals surface area (Å²) in [6.45, 7) is 1.95. The van der Waals surface area contributed by atoms with Gasteiger partial charge in [0.25, 0.3) is 5.56 Å². The maximum Gasteiger partial charge on any atom is 0.266 e. The lowest BCUT2D eigenvalue weighted by atomic mass is 10.1. The molecule has 1 heterocycles. The second kappa shape index (κ2) is 7.41. The lowest BCUT2D eigenvalue weighted by molar-refractivity contribution is 0.106. The number of benzene rings is 2. The highest BCUT2D eigenvalue weighted by molar-refractivity contribution is 7.07. The Bertz CT molecular complexity index is 1120. The van der Waals surface area contributed by atoms with E-state index in [1.54, 1.807) is 30.3 Å². The third-order valence-electron chi connectivity index (χ3n) is 3.78. The highest BCUT2D eigenvalue weighted by atomic mass is 32.1. The third kappa shape index (κ3) is 3.92. The SMILES string of the molecule is COc1cc(/C=c2\s/c(=C/C(=O)c3ccc(C)cc3)[nH]c2=O)ccc1O. The number of aromatic hydroxyl groups is 1. The lowest BCUT2D eigenvalue weighted by Crippen LogP contribution is -2.20. The van der Waals surface area contributed by atoms with Crippen molar-refractivity contribution in [2.75, 3.05) is 7.11 Å². The zero-order valence-electron chi connectivity index (χ0n) is 14.3. The molecule has 0 saturated heterocycles. The van der Waals surface area contributed by atoms with Crippen LogP contribution < -0.4 is 19.5 Å². The van der Waals surface area contributed by atoms with Crippen molar-refractivity contribution in [3.63, 3.8) is 0 Å². The van der Waals surface area contributed by atoms with Crippen LogP contribution in [0.4, 0.5) is 0 Å². The molecule has 0 aliphatic carbocycles. The van der Waals surface area contributed by atoms with Gasteiger partial charge >= 0.3 is 0 Å². The van der Waals surface area contributed by atoms with Crippen LogP contribution in [0.2, 0.25) is 0 Å². The van der Waals surface area contributed by atoms with Gasteiger partial charge in [-0.15, -0.1) is 11.3 Å². The summed E-state index contributed by atoms with van der Waals surface area (Å²) in [5, 5.41) is 9.64. The predicted molar refractivity (Wildman–Crippen MR) is 102 cm³/mol. The second-order valence-electron chi connectivity index (χ2n) is 5.73. The maximum absolute atomic E-state index is 12.3. The highest BCUT2D eigenvalue weighted by Gasteiger charge is 2.04. The molecule has 6 heteroatoms. The number of Topliss-reactive ketones (excluding diaryl/α,β-unsaturated/α-hetero) is 1. The molecule has 0 aliphatic rings. The Morgan fingerprint density at radius 3 is 2.62 bits per heavy atom. The zero-order chi connectivity index (χ0) is 18.7. The molecule has 0 amide bonds. The van der Waals surface area contributed by atoms with Gasteiger partial charge in [-0.2, -0.15) is 0 Å². The molecule has 5 nitrogen and oxygen atoms in total. The first-order chi connectivity index (χ1) is 12.5. The number of hydrogen-bond donors (Lipinski definition) is 2. The number of ketones is 1. The molecule has 132 valence electrons. The normalized spacial score (nSPS) is 12.4. The lowest BCUT2D eigenvalue weighted by Gasteiger charge is -2.03. The van der Waals surface area contributed by atoms with E-state index >= 15 is 0 Å². The van der Waals surface area contributed by atoms with Crippen molar-refractivity contribution in [2.45, 2.75) is 6.92 Å². The minimum atomic E-state index is -0.273. The Morgan fingerprint density at radius 1 is 1.19 bits per heavy atom. The average Bonchev–Trinajstić information content (AvgIpc) is 2.96. The topological polar surface area (TPSA) is 79.4 Å². The number of H-pyrrole nitrogens is 1. The van der Waals surface area contributed by atoms with E-state index < -0.39 is 0 Å². The van der Waals surface area contributed by atoms with E-state index in [9.17, 15) is 14.7 Å². The fourth-order valence-electron chi connectivity index (χ4n) is 2.38. The van der Waals surface area contributed by atoms with E-state index in [0.29, 0.717) is 26.1 Å². The van der Waals surface area contributed by atoms with Gasteiger partial charge in [-0.05, 0) is 30.7 Å². The summed E-state index contributed by atoms with van der Waals surface area (Å²) in [7, 11) is 1.46. The monoisotopic (exact) mass is 367 g/mol. The van der Waals surface area contributed by atoms with Crippen LogP contribution >= 0.6 is 11.3 Å². The van der Waals surface area contributed by atoms with Gasteiger partial charge in [0.05, 0.1) is 16.3 Å². The molecular weight excluding hydrogens is 350 g/mol. The van der Waals surface area contributed by atoms with Crippen LogP contribution in [0, 0.1) is 6.92 Å². The molecule has 0 aliphatic heterocycles. The minimum absolute atomic E-state index is 0.0301. The van der Waals surface area contributed by atoms with Crippen molar-refractivity contribution < 1.29 is 14.6 Å². The molecule has 0 fully saturated rings. The Morgan fingerprint density at radius 2 is 1.92 bits per heavy atom. The Kier molecular flexibility index (Phi) is 5.04. The van der Waals surface area contributed by atoms with Crippen LogP contribution in [0.25, 0.3) is 12.2 Å². The third-order valence-corrected chi connectivity index (χ3v) is 4.74. The van der Waals surface area contributed by atoms with Crippen molar-refractivity contribution in [1.29, 1.82) is 0 Å². The molecule has 0 bridgehead atoms. The van der Waals surface area contributed by atoms with E-state index in [-0.39, 0.29) is 17.1 Å². The van der Waals surface area contributed by atoms with Crippen LogP contribution in [0.3, 0.4) is 0 Å². The number of aromatic amines is 1. The number of ether oxygens (including phenoxy) is 1. The fourth-order valence-corrected chi connectivity index (χ4v) is 3.27. The van der Waals surface area contributed by atoms with Crippen molar-refractivity contribution in [2.24, 2.45) is 0 Å². The minimum Gasteiger partial charge on any atom is -0.504 e. The number of nitrogens with one attached hydrogen (secondary N) is 1. The van der Waals surface area contributed by atoms with Gasteiger partial charge in [-0.25, -0.2) is 0 Å². The summed E-state index contributed by atoms with van der Waals surface area (Å²) in [6, 6.07) is 12.1. The van der Waals surface area contributed by atoms with Crippen molar-refractivity contribution in [3.05, 3.63) is 78.7 Å². The van der Waals surface area contributed by atoms with E-state index in [0.717, 1.165) is 5.56 Å². The molecule has 0 unspecified atom stereocenters. The second-order valence-corrected chi connectivity index (χ2v) is 6.82. The van der Waals surface area contributed by atoms with Crippen molar-refractivity contribution >= 4 is 29.3 Å². The van der Waals surface area contributed by atoms with Gasteiger partial charge in [0.2, 0.25) is 0 Å². The standard InChI is InChI=1S/C20H17NO4S/c1-12-3-6-14(7-4-12)16(23)11-19-21-20(24)18(26-19)10-13-5-8-15(22)17(9-13)25-2/h3-11,22H,1-2H3,(H,21,24)/b18-10-,19-11+. The zero-order valence-corrected chi connectivity index (χ0v) is 15.1. The maximum atomic E-state index is 12.3. The molecule has 26 heavy (non-hydrogen) atoms. The van der Waals surface area contributed by atoms with Gasteiger partial charge in [0, 0.05) is 11.6 Å². The summed E-state index contributed by atoms with van der Waals surface area (Å²) >= 11 is 1.19. The predicted octanol–water partition coefficient (Wildman–Crippen LogP) is 1.95. The molecule has 3 aromatic rings. The number of phenols is 1. The smallest absolute Gasteiger partial charge is 0.266 e. The number of rotatable bonds is 4. The van der Waals surface area contributed by atoms with Crippen LogP contribution in [0.1, 0.15) is 21.5 Å². The van der Waals surface area contributed by atoms with Crippen LogP contribution in [-0.2, 0) is 0 Å². The highest BCUT2D eigenvalue weighted by Crippen LogP contribution is 2.26. The summed E-state index contributed by atoms with van der Waals surface area (Å²) in [4.78, 5) is 27.1. The van der Waals surface area contributed by atoms with Gasteiger partial charge in [-0.3, -0.25) is 9.59 Å². The molecule has 0 saturated carbocycles. The van der Waals surface area contributed by atoms with Gasteiger partial charge in [0.15, 0.2) is 17.3 Å². The number of aromatic nitrogens is 1. The molecule has 0 spiro atoms. The number of carbonyl (C=O) groups excluding carboxylic acids is 1. The molecule has 2 N–H and O–H groups in total. The average molecular weight is 367 g/mol. The number of thiazole rings is 1. The van der Waals surface area contributed by atoms with Crippen LogP contribution in [0.5, 0.6) is 11.5 Å². The Labute approximate surface area is 153 Å².